The first kappa shape index (κ1) is 26.0. The van der Waals surface area contributed by atoms with Gasteiger partial charge in [-0.25, -0.2) is 8.42 Å². The molecule has 0 aromatic heterocycles. The van der Waals surface area contributed by atoms with Gasteiger partial charge in [-0.05, 0) is 75.7 Å². The molecule has 0 bridgehead atoms. The highest BCUT2D eigenvalue weighted by atomic mass is 32.2. The number of amides is 3. The fourth-order valence-electron chi connectivity index (χ4n) is 2.70. The molecule has 0 spiro atoms. The van der Waals surface area contributed by atoms with Crippen LogP contribution in [0.4, 0.5) is 11.4 Å². The van der Waals surface area contributed by atoms with Crippen LogP contribution in [0.2, 0.25) is 0 Å². The summed E-state index contributed by atoms with van der Waals surface area (Å²) in [5.74, 6) is -1.05. The van der Waals surface area contributed by atoms with Crippen molar-refractivity contribution in [2.24, 2.45) is 0 Å². The zero-order valence-corrected chi connectivity index (χ0v) is 20.2. The lowest BCUT2D eigenvalue weighted by atomic mass is 10.0. The van der Waals surface area contributed by atoms with E-state index in [1.807, 2.05) is 20.8 Å². The molecule has 0 aliphatic heterocycles. The summed E-state index contributed by atoms with van der Waals surface area (Å²) in [5.41, 5.74) is 1.01. The average molecular weight is 475 g/mol. The van der Waals surface area contributed by atoms with Crippen LogP contribution in [-0.2, 0) is 19.6 Å². The molecule has 0 fully saturated rings. The molecule has 0 heterocycles. The molecule has 3 amide bonds. The van der Waals surface area contributed by atoms with Crippen LogP contribution in [0.1, 0.15) is 51.4 Å². The third-order valence-corrected chi connectivity index (χ3v) is 6.52. The predicted octanol–water partition coefficient (Wildman–Crippen LogP) is 2.87. The van der Waals surface area contributed by atoms with E-state index in [0.29, 0.717) is 16.9 Å². The van der Waals surface area contributed by atoms with Crippen LogP contribution in [0.25, 0.3) is 0 Å². The van der Waals surface area contributed by atoms with Crippen LogP contribution in [-0.4, -0.2) is 37.7 Å². The second kappa shape index (κ2) is 10.6. The minimum Gasteiger partial charge on any atom is -0.347 e. The Morgan fingerprint density at radius 1 is 0.909 bits per heavy atom. The number of carbonyl (C=O) groups excluding carboxylic acids is 3. The fourth-order valence-corrected chi connectivity index (χ4v) is 3.90. The van der Waals surface area contributed by atoms with Crippen molar-refractivity contribution in [1.29, 1.82) is 0 Å². The van der Waals surface area contributed by atoms with Gasteiger partial charge in [0.15, 0.2) is 0 Å². The molecule has 4 N–H and O–H groups in total. The normalized spacial score (nSPS) is 12.5. The summed E-state index contributed by atoms with van der Waals surface area (Å²) in [5, 5.41) is 8.11. The number of nitrogens with one attached hydrogen (secondary N) is 4. The molecule has 2 aromatic carbocycles. The Morgan fingerprint density at radius 3 is 1.94 bits per heavy atom. The van der Waals surface area contributed by atoms with Crippen molar-refractivity contribution in [3.8, 4) is 0 Å². The van der Waals surface area contributed by atoms with E-state index in [-0.39, 0.29) is 22.2 Å². The summed E-state index contributed by atoms with van der Waals surface area (Å²) in [6.45, 7) is 8.61. The molecular weight excluding hydrogens is 444 g/mol. The molecule has 0 radical (unpaired) electrons. The molecule has 10 heteroatoms. The van der Waals surface area contributed by atoms with Gasteiger partial charge < -0.3 is 16.0 Å². The number of carbonyl (C=O) groups is 3. The number of sulfonamides is 1. The molecule has 33 heavy (non-hydrogen) atoms. The van der Waals surface area contributed by atoms with Gasteiger partial charge in [0.25, 0.3) is 5.91 Å². The third-order valence-electron chi connectivity index (χ3n) is 4.96. The quantitative estimate of drug-likeness (QED) is 0.443. The van der Waals surface area contributed by atoms with Crippen molar-refractivity contribution in [3.05, 3.63) is 54.1 Å². The van der Waals surface area contributed by atoms with Gasteiger partial charge in [0, 0.05) is 29.4 Å². The highest BCUT2D eigenvalue weighted by molar-refractivity contribution is 7.89. The monoisotopic (exact) mass is 474 g/mol. The van der Waals surface area contributed by atoms with Crippen molar-refractivity contribution in [1.82, 2.24) is 10.0 Å². The Balaban J connectivity index is 1.99. The largest absolute Gasteiger partial charge is 0.347 e. The van der Waals surface area contributed by atoms with E-state index in [0.717, 1.165) is 6.42 Å². The first-order valence-corrected chi connectivity index (χ1v) is 11.9. The van der Waals surface area contributed by atoms with E-state index in [9.17, 15) is 22.8 Å². The first-order valence-electron chi connectivity index (χ1n) is 10.5. The van der Waals surface area contributed by atoms with E-state index in [2.05, 4.69) is 20.7 Å². The van der Waals surface area contributed by atoms with Gasteiger partial charge >= 0.3 is 0 Å². The summed E-state index contributed by atoms with van der Waals surface area (Å²) in [6, 6.07) is 10.9. The van der Waals surface area contributed by atoms with E-state index in [4.69, 9.17) is 0 Å². The Morgan fingerprint density at radius 2 is 1.42 bits per heavy atom. The molecule has 1 atom stereocenters. The van der Waals surface area contributed by atoms with Gasteiger partial charge in [-0.1, -0.05) is 6.92 Å². The van der Waals surface area contributed by atoms with E-state index < -0.39 is 22.0 Å². The highest BCUT2D eigenvalue weighted by Crippen LogP contribution is 2.16. The lowest BCUT2D eigenvalue weighted by Gasteiger charge is -2.24. The maximum absolute atomic E-state index is 12.6. The van der Waals surface area contributed by atoms with E-state index in [1.54, 1.807) is 24.3 Å². The molecule has 178 valence electrons. The molecule has 0 aliphatic carbocycles. The number of rotatable bonds is 9. The van der Waals surface area contributed by atoms with Gasteiger partial charge in [-0.2, -0.15) is 4.72 Å². The van der Waals surface area contributed by atoms with Crippen molar-refractivity contribution < 1.29 is 22.8 Å². The zero-order valence-electron chi connectivity index (χ0n) is 19.4. The van der Waals surface area contributed by atoms with Crippen LogP contribution in [0.3, 0.4) is 0 Å². The van der Waals surface area contributed by atoms with Crippen LogP contribution in [0.15, 0.2) is 53.4 Å². The Labute approximate surface area is 194 Å². The number of benzene rings is 2. The maximum atomic E-state index is 12.6. The van der Waals surface area contributed by atoms with Gasteiger partial charge in [-0.3, -0.25) is 14.4 Å². The van der Waals surface area contributed by atoms with Gasteiger partial charge in [0.05, 0.1) is 10.9 Å². The maximum Gasteiger partial charge on any atom is 0.251 e. The summed E-state index contributed by atoms with van der Waals surface area (Å²) in [6.07, 6.45) is 0.778. The van der Waals surface area contributed by atoms with Crippen LogP contribution in [0.5, 0.6) is 0 Å². The van der Waals surface area contributed by atoms with Crippen LogP contribution < -0.4 is 20.7 Å². The Bertz CT molecular complexity index is 1110. The summed E-state index contributed by atoms with van der Waals surface area (Å²) in [4.78, 5) is 35.8. The number of anilines is 2. The lowest BCUT2D eigenvalue weighted by Crippen LogP contribution is -2.42. The molecular formula is C23H30N4O5S. The molecule has 9 nitrogen and oxygen atoms in total. The van der Waals surface area contributed by atoms with Crippen molar-refractivity contribution >= 4 is 39.1 Å². The van der Waals surface area contributed by atoms with E-state index >= 15 is 0 Å². The van der Waals surface area contributed by atoms with E-state index in [1.165, 1.54) is 38.1 Å². The summed E-state index contributed by atoms with van der Waals surface area (Å²) >= 11 is 0. The van der Waals surface area contributed by atoms with Gasteiger partial charge in [0.2, 0.25) is 21.8 Å². The third kappa shape index (κ3) is 7.69. The zero-order chi connectivity index (χ0) is 24.8. The number of hydrogen-bond donors (Lipinski definition) is 4. The molecule has 0 aliphatic rings. The predicted molar refractivity (Wildman–Crippen MR) is 127 cm³/mol. The number of hydrogen-bond acceptors (Lipinski definition) is 5. The molecule has 0 unspecified atom stereocenters. The van der Waals surface area contributed by atoms with Gasteiger partial charge in [-0.15, -0.1) is 0 Å². The summed E-state index contributed by atoms with van der Waals surface area (Å²) in [7, 11) is -3.96. The van der Waals surface area contributed by atoms with Crippen LogP contribution in [0, 0.1) is 0 Å². The topological polar surface area (TPSA) is 133 Å². The van der Waals surface area contributed by atoms with Crippen molar-refractivity contribution in [2.75, 3.05) is 10.6 Å². The first-order chi connectivity index (χ1) is 15.3. The minimum absolute atomic E-state index is 0.0402. The Hall–Kier alpha value is -3.24. The molecule has 0 saturated carbocycles. The SMILES string of the molecule is CCC(C)(C)NC(=O)c1ccc(NC(=O)[C@H](C)NS(=O)(=O)c2ccc(NC(C)=O)cc2)cc1. The average Bonchev–Trinajstić information content (AvgIpc) is 2.73. The van der Waals surface area contributed by atoms with Crippen molar-refractivity contribution in [3.63, 3.8) is 0 Å². The molecule has 2 aromatic rings. The van der Waals surface area contributed by atoms with Gasteiger partial charge in [0.1, 0.15) is 0 Å². The molecule has 0 saturated heterocycles. The second-order valence-electron chi connectivity index (χ2n) is 8.31. The summed E-state index contributed by atoms with van der Waals surface area (Å²) < 4.78 is 27.5. The fraction of sp³-hybridized carbons (Fsp3) is 0.348. The smallest absolute Gasteiger partial charge is 0.251 e. The van der Waals surface area contributed by atoms with Crippen molar-refractivity contribution in [2.45, 2.75) is 57.5 Å². The standard InChI is InChI=1S/C23H30N4O5S/c1-6-23(4,5)26-22(30)17-7-9-19(10-8-17)25-21(29)15(2)27-33(31,32)20-13-11-18(12-14-20)24-16(3)28/h7-15,27H,6H2,1-5H3,(H,24,28)(H,25,29)(H,26,30)/t15-/m0/s1. The minimum atomic E-state index is -3.96. The highest BCUT2D eigenvalue weighted by Gasteiger charge is 2.23. The lowest BCUT2D eigenvalue weighted by molar-refractivity contribution is -0.117. The Kier molecular flexibility index (Phi) is 8.34. The second-order valence-corrected chi connectivity index (χ2v) is 10.0. The molecule has 2 rings (SSSR count). The van der Waals surface area contributed by atoms with Crippen LogP contribution >= 0.6 is 0 Å².